The van der Waals surface area contributed by atoms with Gasteiger partial charge in [-0.25, -0.2) is 4.98 Å². The highest BCUT2D eigenvalue weighted by Crippen LogP contribution is 2.38. The number of rotatable bonds is 1. The molecule has 5 heteroatoms. The minimum atomic E-state index is 0.207. The van der Waals surface area contributed by atoms with E-state index in [0.717, 1.165) is 17.2 Å². The molecule has 2 rings (SSSR count). The van der Waals surface area contributed by atoms with Crippen LogP contribution < -0.4 is 9.80 Å². The summed E-state index contributed by atoms with van der Waals surface area (Å²) >= 11 is 5.89. The second-order valence-electron chi connectivity index (χ2n) is 4.58. The van der Waals surface area contributed by atoms with Crippen LogP contribution >= 0.6 is 11.6 Å². The zero-order valence-electron chi connectivity index (χ0n) is 10.6. The lowest BCUT2D eigenvalue weighted by molar-refractivity contribution is 0.591. The average Bonchev–Trinajstić information content (AvgIpc) is 2.25. The van der Waals surface area contributed by atoms with E-state index in [1.807, 2.05) is 11.9 Å². The summed E-state index contributed by atoms with van der Waals surface area (Å²) in [6.07, 6.45) is 1.75. The van der Waals surface area contributed by atoms with Crippen molar-refractivity contribution in [2.75, 3.05) is 16.8 Å². The first-order valence-electron chi connectivity index (χ1n) is 5.67. The number of aromatic nitrogens is 2. The number of hydrogen-bond acceptors (Lipinski definition) is 4. The normalized spacial score (nSPS) is 19.9. The van der Waals surface area contributed by atoms with Gasteiger partial charge in [0.25, 0.3) is 0 Å². The van der Waals surface area contributed by atoms with Gasteiger partial charge in [0, 0.05) is 18.8 Å². The molecule has 2 heterocycles. The molecule has 0 bridgehead atoms. The summed E-state index contributed by atoms with van der Waals surface area (Å²) in [6.45, 7) is 10.5. The third-order valence-electron chi connectivity index (χ3n) is 3.21. The second-order valence-corrected chi connectivity index (χ2v) is 4.91. The minimum absolute atomic E-state index is 0.207. The summed E-state index contributed by atoms with van der Waals surface area (Å²) in [5, 5.41) is 0.280. The number of likely N-dealkylation sites (N-methyl/N-ethyl adjacent to an activating group) is 1. The largest absolute Gasteiger partial charge is 0.344 e. The van der Waals surface area contributed by atoms with E-state index >= 15 is 0 Å². The van der Waals surface area contributed by atoms with Crippen molar-refractivity contribution < 1.29 is 0 Å². The number of anilines is 2. The van der Waals surface area contributed by atoms with Crippen LogP contribution in [0.25, 0.3) is 0 Å². The summed E-state index contributed by atoms with van der Waals surface area (Å²) in [4.78, 5) is 12.6. The molecular formula is C12H17ClN4. The van der Waals surface area contributed by atoms with E-state index in [1.54, 1.807) is 6.20 Å². The van der Waals surface area contributed by atoms with Gasteiger partial charge in [0.1, 0.15) is 5.69 Å². The van der Waals surface area contributed by atoms with Crippen molar-refractivity contribution in [1.82, 2.24) is 9.97 Å². The van der Waals surface area contributed by atoms with Crippen LogP contribution in [0.1, 0.15) is 20.8 Å². The van der Waals surface area contributed by atoms with E-state index in [-0.39, 0.29) is 11.3 Å². The van der Waals surface area contributed by atoms with Crippen molar-refractivity contribution in [3.8, 4) is 0 Å². The Kier molecular flexibility index (Phi) is 3.00. The number of nitrogens with zero attached hydrogens (tertiary/aromatic N) is 4. The van der Waals surface area contributed by atoms with Gasteiger partial charge in [0.05, 0.1) is 12.2 Å². The summed E-state index contributed by atoms with van der Waals surface area (Å²) in [7, 11) is 1.98. The summed E-state index contributed by atoms with van der Waals surface area (Å²) in [5.41, 5.74) is 1.99. The Labute approximate surface area is 107 Å². The maximum Gasteiger partial charge on any atom is 0.224 e. The Balaban J connectivity index is 2.60. The van der Waals surface area contributed by atoms with Crippen LogP contribution in [0.4, 0.5) is 11.5 Å². The first-order chi connectivity index (χ1) is 7.93. The van der Waals surface area contributed by atoms with E-state index in [4.69, 9.17) is 11.6 Å². The lowest BCUT2D eigenvalue weighted by atomic mass is 10.1. The first-order valence-corrected chi connectivity index (χ1v) is 6.04. The second kappa shape index (κ2) is 4.18. The molecule has 1 aliphatic heterocycles. The zero-order valence-corrected chi connectivity index (χ0v) is 11.4. The van der Waals surface area contributed by atoms with E-state index < -0.39 is 0 Å². The van der Waals surface area contributed by atoms with Crippen LogP contribution in [0.5, 0.6) is 0 Å². The Morgan fingerprint density at radius 1 is 1.47 bits per heavy atom. The monoisotopic (exact) mass is 252 g/mol. The maximum atomic E-state index is 5.89. The van der Waals surface area contributed by atoms with Gasteiger partial charge in [0.2, 0.25) is 5.28 Å². The molecule has 0 spiro atoms. The van der Waals surface area contributed by atoms with Gasteiger partial charge < -0.3 is 9.80 Å². The molecule has 92 valence electrons. The highest BCUT2D eigenvalue weighted by molar-refractivity contribution is 6.28. The molecule has 1 aromatic heterocycles. The zero-order chi connectivity index (χ0) is 12.7. The van der Waals surface area contributed by atoms with Gasteiger partial charge in [-0.05, 0) is 32.4 Å². The molecule has 17 heavy (non-hydrogen) atoms. The number of fused-ring (bicyclic) bond motifs is 1. The van der Waals surface area contributed by atoms with Crippen LogP contribution in [0.3, 0.4) is 0 Å². The Morgan fingerprint density at radius 3 is 2.71 bits per heavy atom. The van der Waals surface area contributed by atoms with Gasteiger partial charge >= 0.3 is 0 Å². The Hall–Kier alpha value is -1.29. The highest BCUT2D eigenvalue weighted by atomic mass is 35.5. The standard InChI is InChI=1S/C12H17ClN4/c1-7(2)17-9(4)8(3)16(5)10-6-14-12(13)15-11(10)17/h6-7,9H,3H2,1-2,4-5H3. The van der Waals surface area contributed by atoms with Crippen molar-refractivity contribution >= 4 is 23.1 Å². The predicted molar refractivity (Wildman–Crippen MR) is 71.7 cm³/mol. The lowest BCUT2D eigenvalue weighted by Gasteiger charge is -2.44. The maximum absolute atomic E-state index is 5.89. The smallest absolute Gasteiger partial charge is 0.224 e. The van der Waals surface area contributed by atoms with Gasteiger partial charge in [-0.15, -0.1) is 0 Å². The van der Waals surface area contributed by atoms with Crippen LogP contribution in [-0.4, -0.2) is 29.1 Å². The van der Waals surface area contributed by atoms with Gasteiger partial charge in [0.15, 0.2) is 5.82 Å². The molecule has 1 atom stereocenters. The van der Waals surface area contributed by atoms with Crippen molar-refractivity contribution in [3.05, 3.63) is 23.8 Å². The highest BCUT2D eigenvalue weighted by Gasteiger charge is 2.32. The van der Waals surface area contributed by atoms with E-state index in [1.165, 1.54) is 0 Å². The molecular weight excluding hydrogens is 236 g/mol. The fourth-order valence-electron chi connectivity index (χ4n) is 2.24. The molecule has 1 aromatic rings. The van der Waals surface area contributed by atoms with E-state index in [9.17, 15) is 0 Å². The molecule has 0 amide bonds. The van der Waals surface area contributed by atoms with Crippen molar-refractivity contribution in [3.63, 3.8) is 0 Å². The molecule has 0 saturated carbocycles. The average molecular weight is 253 g/mol. The molecule has 0 aromatic carbocycles. The van der Waals surface area contributed by atoms with Crippen LogP contribution in [0, 0.1) is 0 Å². The van der Waals surface area contributed by atoms with E-state index in [2.05, 4.69) is 42.2 Å². The Morgan fingerprint density at radius 2 is 2.12 bits per heavy atom. The molecule has 0 aliphatic carbocycles. The summed E-state index contributed by atoms with van der Waals surface area (Å²) in [5.74, 6) is 0.877. The topological polar surface area (TPSA) is 32.3 Å². The molecule has 1 aliphatic rings. The number of halogens is 1. The molecule has 0 saturated heterocycles. The lowest BCUT2D eigenvalue weighted by Crippen LogP contribution is -2.48. The van der Waals surface area contributed by atoms with Gasteiger partial charge in [-0.3, -0.25) is 0 Å². The van der Waals surface area contributed by atoms with Gasteiger partial charge in [-0.2, -0.15) is 4.98 Å². The molecule has 0 N–H and O–H groups in total. The fraction of sp³-hybridized carbons (Fsp3) is 0.500. The number of hydrogen-bond donors (Lipinski definition) is 0. The minimum Gasteiger partial charge on any atom is -0.344 e. The summed E-state index contributed by atoms with van der Waals surface area (Å²) in [6, 6.07) is 0.540. The third-order valence-corrected chi connectivity index (χ3v) is 3.40. The molecule has 0 radical (unpaired) electrons. The van der Waals surface area contributed by atoms with Crippen molar-refractivity contribution in [2.24, 2.45) is 0 Å². The van der Waals surface area contributed by atoms with Crippen LogP contribution in [0.2, 0.25) is 5.28 Å². The quantitative estimate of drug-likeness (QED) is 0.720. The van der Waals surface area contributed by atoms with Crippen LogP contribution in [0.15, 0.2) is 18.5 Å². The van der Waals surface area contributed by atoms with Crippen LogP contribution in [-0.2, 0) is 0 Å². The first kappa shape index (κ1) is 12.2. The summed E-state index contributed by atoms with van der Waals surface area (Å²) < 4.78 is 0. The van der Waals surface area contributed by atoms with Crippen molar-refractivity contribution in [1.29, 1.82) is 0 Å². The molecule has 1 unspecified atom stereocenters. The fourth-order valence-corrected chi connectivity index (χ4v) is 2.37. The van der Waals surface area contributed by atoms with E-state index in [0.29, 0.717) is 6.04 Å². The third kappa shape index (κ3) is 1.86. The molecule has 4 nitrogen and oxygen atoms in total. The SMILES string of the molecule is C=C1C(C)N(C(C)C)c2nc(Cl)ncc2N1C. The predicted octanol–water partition coefficient (Wildman–Crippen LogP) is 2.70. The molecule has 0 fully saturated rings. The van der Waals surface area contributed by atoms with Gasteiger partial charge in [-0.1, -0.05) is 6.58 Å². The van der Waals surface area contributed by atoms with Crippen molar-refractivity contribution in [2.45, 2.75) is 32.9 Å². The Bertz CT molecular complexity index is 458.